The summed E-state index contributed by atoms with van der Waals surface area (Å²) in [5.41, 5.74) is 5.34. The summed E-state index contributed by atoms with van der Waals surface area (Å²) in [5.74, 6) is 5.92. The molecule has 1 aromatic heterocycles. The van der Waals surface area contributed by atoms with E-state index in [1.807, 2.05) is 0 Å². The normalized spacial score (nSPS) is 17.8. The number of rotatable bonds is 2. The summed E-state index contributed by atoms with van der Waals surface area (Å²) < 4.78 is 0. The minimum atomic E-state index is -0.0967. The third kappa shape index (κ3) is 3.83. The van der Waals surface area contributed by atoms with Crippen LogP contribution in [0.2, 0.25) is 0 Å². The van der Waals surface area contributed by atoms with Crippen molar-refractivity contribution in [2.75, 3.05) is 19.6 Å². The predicted octanol–water partition coefficient (Wildman–Crippen LogP) is 1.01. The standard InChI is InChI=1S/C13H18N2OS/c14-7-1-2-12-3-4-13(17-12)10-15-8-5-11(16)6-9-15/h3-4,11,16H,5-10,14H2. The number of likely N-dealkylation sites (tertiary alicyclic amines) is 1. The molecule has 1 saturated heterocycles. The van der Waals surface area contributed by atoms with Gasteiger partial charge in [-0.15, -0.1) is 11.3 Å². The predicted molar refractivity (Wildman–Crippen MR) is 70.8 cm³/mol. The lowest BCUT2D eigenvalue weighted by molar-refractivity contribution is 0.0797. The summed E-state index contributed by atoms with van der Waals surface area (Å²) in [7, 11) is 0. The van der Waals surface area contributed by atoms with E-state index in [-0.39, 0.29) is 6.10 Å². The van der Waals surface area contributed by atoms with Gasteiger partial charge < -0.3 is 10.8 Å². The summed E-state index contributed by atoms with van der Waals surface area (Å²) >= 11 is 1.73. The molecule has 0 saturated carbocycles. The van der Waals surface area contributed by atoms with Gasteiger partial charge in [-0.3, -0.25) is 4.90 Å². The Labute approximate surface area is 106 Å². The number of hydrogen-bond acceptors (Lipinski definition) is 4. The molecule has 17 heavy (non-hydrogen) atoms. The first-order valence-electron chi connectivity index (χ1n) is 5.96. The molecular formula is C13H18N2OS. The average molecular weight is 250 g/mol. The molecule has 1 fully saturated rings. The van der Waals surface area contributed by atoms with Crippen molar-refractivity contribution in [3.8, 4) is 11.8 Å². The van der Waals surface area contributed by atoms with Crippen LogP contribution in [0, 0.1) is 11.8 Å². The maximum Gasteiger partial charge on any atom is 0.0772 e. The third-order valence-corrected chi connectivity index (χ3v) is 3.90. The summed E-state index contributed by atoms with van der Waals surface area (Å²) in [6, 6.07) is 4.19. The highest BCUT2D eigenvalue weighted by Gasteiger charge is 2.17. The minimum Gasteiger partial charge on any atom is -0.393 e. The lowest BCUT2D eigenvalue weighted by Crippen LogP contribution is -2.35. The second-order valence-corrected chi connectivity index (χ2v) is 5.45. The van der Waals surface area contributed by atoms with Crippen LogP contribution in [0.1, 0.15) is 22.6 Å². The quantitative estimate of drug-likeness (QED) is 0.770. The molecule has 3 N–H and O–H groups in total. The molecule has 92 valence electrons. The van der Waals surface area contributed by atoms with E-state index in [1.165, 1.54) is 4.88 Å². The highest BCUT2D eigenvalue weighted by molar-refractivity contribution is 7.12. The number of aliphatic hydroxyl groups is 1. The number of piperidine rings is 1. The van der Waals surface area contributed by atoms with Crippen LogP contribution >= 0.6 is 11.3 Å². The molecular weight excluding hydrogens is 232 g/mol. The maximum absolute atomic E-state index is 9.44. The first-order valence-corrected chi connectivity index (χ1v) is 6.77. The molecule has 3 nitrogen and oxygen atoms in total. The molecule has 1 aromatic rings. The van der Waals surface area contributed by atoms with Gasteiger partial charge in [0.1, 0.15) is 0 Å². The molecule has 4 heteroatoms. The lowest BCUT2D eigenvalue weighted by Gasteiger charge is -2.28. The smallest absolute Gasteiger partial charge is 0.0772 e. The van der Waals surface area contributed by atoms with E-state index in [0.29, 0.717) is 6.54 Å². The van der Waals surface area contributed by atoms with Gasteiger partial charge in [0.2, 0.25) is 0 Å². The molecule has 0 radical (unpaired) electrons. The van der Waals surface area contributed by atoms with Crippen molar-refractivity contribution in [3.63, 3.8) is 0 Å². The van der Waals surface area contributed by atoms with Crippen molar-refractivity contribution in [1.82, 2.24) is 4.90 Å². The van der Waals surface area contributed by atoms with Crippen LogP contribution in [0.5, 0.6) is 0 Å². The van der Waals surface area contributed by atoms with E-state index >= 15 is 0 Å². The van der Waals surface area contributed by atoms with E-state index < -0.39 is 0 Å². The molecule has 0 aliphatic carbocycles. The number of nitrogens with two attached hydrogens (primary N) is 1. The first-order chi connectivity index (χ1) is 8.28. The van der Waals surface area contributed by atoms with Gasteiger partial charge in [0, 0.05) is 24.5 Å². The van der Waals surface area contributed by atoms with Crippen molar-refractivity contribution in [2.45, 2.75) is 25.5 Å². The number of hydrogen-bond donors (Lipinski definition) is 2. The second-order valence-electron chi connectivity index (χ2n) is 4.28. The van der Waals surface area contributed by atoms with Crippen LogP contribution in [0.4, 0.5) is 0 Å². The molecule has 1 aliphatic heterocycles. The molecule has 0 atom stereocenters. The van der Waals surface area contributed by atoms with Gasteiger partial charge >= 0.3 is 0 Å². The van der Waals surface area contributed by atoms with Gasteiger partial charge in [0.15, 0.2) is 0 Å². The van der Waals surface area contributed by atoms with Gasteiger partial charge in [-0.1, -0.05) is 11.8 Å². The van der Waals surface area contributed by atoms with Crippen molar-refractivity contribution >= 4 is 11.3 Å². The molecule has 1 aliphatic rings. The van der Waals surface area contributed by atoms with E-state index in [9.17, 15) is 5.11 Å². The highest BCUT2D eigenvalue weighted by atomic mass is 32.1. The zero-order valence-corrected chi connectivity index (χ0v) is 10.7. The van der Waals surface area contributed by atoms with Crippen LogP contribution in [-0.2, 0) is 6.54 Å². The van der Waals surface area contributed by atoms with Crippen LogP contribution in [-0.4, -0.2) is 35.7 Å². The Bertz CT molecular complexity index is 411. The summed E-state index contributed by atoms with van der Waals surface area (Å²) in [4.78, 5) is 4.81. The molecule has 0 spiro atoms. The van der Waals surface area contributed by atoms with E-state index in [0.717, 1.165) is 37.4 Å². The van der Waals surface area contributed by atoms with Crippen LogP contribution < -0.4 is 5.73 Å². The first kappa shape index (κ1) is 12.6. The van der Waals surface area contributed by atoms with Gasteiger partial charge in [-0.2, -0.15) is 0 Å². The molecule has 0 amide bonds. The Hall–Kier alpha value is -0.860. The minimum absolute atomic E-state index is 0.0967. The third-order valence-electron chi connectivity index (χ3n) is 2.91. The Morgan fingerprint density at radius 1 is 1.41 bits per heavy atom. The van der Waals surface area contributed by atoms with Crippen molar-refractivity contribution in [2.24, 2.45) is 5.73 Å². The summed E-state index contributed by atoms with van der Waals surface area (Å²) in [6.07, 6.45) is 1.69. The Kier molecular flexibility index (Phi) is 4.57. The number of thiophene rings is 1. The molecule has 0 bridgehead atoms. The van der Waals surface area contributed by atoms with Crippen molar-refractivity contribution < 1.29 is 5.11 Å². The van der Waals surface area contributed by atoms with Gasteiger partial charge in [0.25, 0.3) is 0 Å². The van der Waals surface area contributed by atoms with Gasteiger partial charge in [0.05, 0.1) is 17.5 Å². The Balaban J connectivity index is 1.88. The summed E-state index contributed by atoms with van der Waals surface area (Å²) in [6.45, 7) is 3.37. The topological polar surface area (TPSA) is 49.5 Å². The van der Waals surface area contributed by atoms with Crippen molar-refractivity contribution in [1.29, 1.82) is 0 Å². The second kappa shape index (κ2) is 6.18. The Morgan fingerprint density at radius 2 is 2.18 bits per heavy atom. The zero-order valence-electron chi connectivity index (χ0n) is 9.85. The number of aliphatic hydroxyl groups excluding tert-OH is 1. The van der Waals surface area contributed by atoms with E-state index in [1.54, 1.807) is 11.3 Å². The van der Waals surface area contributed by atoms with Crippen LogP contribution in [0.25, 0.3) is 0 Å². The fourth-order valence-corrected chi connectivity index (χ4v) is 2.89. The molecule has 0 aromatic carbocycles. The zero-order chi connectivity index (χ0) is 12.1. The maximum atomic E-state index is 9.44. The van der Waals surface area contributed by atoms with Crippen molar-refractivity contribution in [3.05, 3.63) is 21.9 Å². The molecule has 2 rings (SSSR count). The lowest BCUT2D eigenvalue weighted by atomic mass is 10.1. The van der Waals surface area contributed by atoms with Gasteiger partial charge in [-0.25, -0.2) is 0 Å². The largest absolute Gasteiger partial charge is 0.393 e. The van der Waals surface area contributed by atoms with Crippen LogP contribution in [0.15, 0.2) is 12.1 Å². The number of nitrogens with zero attached hydrogens (tertiary/aromatic N) is 1. The highest BCUT2D eigenvalue weighted by Crippen LogP contribution is 2.19. The fraction of sp³-hybridized carbons (Fsp3) is 0.538. The summed E-state index contributed by atoms with van der Waals surface area (Å²) in [5, 5.41) is 9.44. The fourth-order valence-electron chi connectivity index (χ4n) is 1.97. The monoisotopic (exact) mass is 250 g/mol. The molecule has 0 unspecified atom stereocenters. The van der Waals surface area contributed by atoms with Gasteiger partial charge in [-0.05, 0) is 25.0 Å². The average Bonchev–Trinajstić information content (AvgIpc) is 2.77. The van der Waals surface area contributed by atoms with E-state index in [2.05, 4.69) is 28.9 Å². The van der Waals surface area contributed by atoms with E-state index in [4.69, 9.17) is 5.73 Å². The Morgan fingerprint density at radius 3 is 2.88 bits per heavy atom. The SMILES string of the molecule is NCC#Cc1ccc(CN2CCC(O)CC2)s1. The van der Waals surface area contributed by atoms with Crippen LogP contribution in [0.3, 0.4) is 0 Å². The molecule has 2 heterocycles.